The maximum atomic E-state index is 12.1. The van der Waals surface area contributed by atoms with Crippen LogP contribution in [0.2, 0.25) is 0 Å². The third-order valence-corrected chi connectivity index (χ3v) is 4.77. The summed E-state index contributed by atoms with van der Waals surface area (Å²) < 4.78 is 27.4. The Balaban J connectivity index is 2.59. The summed E-state index contributed by atoms with van der Waals surface area (Å²) in [5.74, 6) is 0.801. The first-order valence-electron chi connectivity index (χ1n) is 5.43. The first-order chi connectivity index (χ1) is 7.44. The van der Waals surface area contributed by atoms with Crippen molar-refractivity contribution >= 4 is 10.0 Å². The van der Waals surface area contributed by atoms with Gasteiger partial charge in [0.25, 0.3) is 10.0 Å². The number of imidazole rings is 1. The molecule has 1 aromatic rings. The van der Waals surface area contributed by atoms with Crippen LogP contribution in [0.25, 0.3) is 0 Å². The molecule has 1 aliphatic rings. The normalized spacial score (nSPS) is 16.5. The van der Waals surface area contributed by atoms with Gasteiger partial charge in [-0.2, -0.15) is 0 Å². The molecule has 2 rings (SSSR count). The van der Waals surface area contributed by atoms with Crippen LogP contribution in [0.3, 0.4) is 0 Å². The zero-order chi connectivity index (χ0) is 11.9. The Morgan fingerprint density at radius 1 is 1.31 bits per heavy atom. The van der Waals surface area contributed by atoms with Crippen molar-refractivity contribution in [2.75, 3.05) is 14.1 Å². The van der Waals surface area contributed by atoms with E-state index in [2.05, 4.69) is 4.98 Å². The van der Waals surface area contributed by atoms with E-state index in [0.717, 1.165) is 37.3 Å². The first kappa shape index (κ1) is 11.6. The number of rotatable bonds is 2. The van der Waals surface area contributed by atoms with E-state index in [0.29, 0.717) is 0 Å². The molecule has 0 N–H and O–H groups in total. The molecule has 1 aromatic heterocycles. The van der Waals surface area contributed by atoms with Gasteiger partial charge < -0.3 is 4.57 Å². The van der Waals surface area contributed by atoms with Crippen LogP contribution in [0, 0.1) is 6.92 Å². The van der Waals surface area contributed by atoms with Crippen molar-refractivity contribution in [3.05, 3.63) is 11.5 Å². The van der Waals surface area contributed by atoms with Crippen molar-refractivity contribution < 1.29 is 8.42 Å². The molecule has 90 valence electrons. The van der Waals surface area contributed by atoms with Gasteiger partial charge in [0, 0.05) is 20.6 Å². The van der Waals surface area contributed by atoms with Crippen LogP contribution >= 0.6 is 0 Å². The molecule has 0 amide bonds. The summed E-state index contributed by atoms with van der Waals surface area (Å²) in [6.45, 7) is 2.75. The Hall–Kier alpha value is -0.880. The number of sulfonamides is 1. The summed E-state index contributed by atoms with van der Waals surface area (Å²) >= 11 is 0. The Morgan fingerprint density at radius 2 is 2.00 bits per heavy atom. The van der Waals surface area contributed by atoms with E-state index in [1.54, 1.807) is 14.1 Å². The number of hydrogen-bond donors (Lipinski definition) is 0. The largest absolute Gasteiger partial charge is 0.331 e. The van der Waals surface area contributed by atoms with E-state index >= 15 is 0 Å². The average molecular weight is 243 g/mol. The Labute approximate surface area is 96.1 Å². The highest BCUT2D eigenvalue weighted by Gasteiger charge is 2.28. The molecular weight excluding hydrogens is 226 g/mol. The van der Waals surface area contributed by atoms with Crippen LogP contribution < -0.4 is 0 Å². The quantitative estimate of drug-likeness (QED) is 0.771. The summed E-state index contributed by atoms with van der Waals surface area (Å²) in [7, 11) is -0.314. The van der Waals surface area contributed by atoms with Gasteiger partial charge in [0.15, 0.2) is 5.03 Å². The molecule has 0 fully saturated rings. The lowest BCUT2D eigenvalue weighted by Crippen LogP contribution is -2.24. The highest BCUT2D eigenvalue weighted by atomic mass is 32.2. The van der Waals surface area contributed by atoms with Gasteiger partial charge in [0.1, 0.15) is 5.82 Å². The highest BCUT2D eigenvalue weighted by molar-refractivity contribution is 7.89. The molecule has 0 bridgehead atoms. The second-order valence-corrected chi connectivity index (χ2v) is 6.37. The summed E-state index contributed by atoms with van der Waals surface area (Å²) in [6.07, 6.45) is 2.95. The van der Waals surface area contributed by atoms with Gasteiger partial charge in [0.05, 0.1) is 5.69 Å². The zero-order valence-electron chi connectivity index (χ0n) is 9.89. The topological polar surface area (TPSA) is 55.2 Å². The molecule has 0 saturated heterocycles. The third kappa shape index (κ3) is 1.66. The number of hydrogen-bond acceptors (Lipinski definition) is 3. The number of fused-ring (bicyclic) bond motifs is 1. The van der Waals surface area contributed by atoms with E-state index in [-0.39, 0.29) is 5.03 Å². The zero-order valence-corrected chi connectivity index (χ0v) is 10.7. The van der Waals surface area contributed by atoms with E-state index in [1.807, 2.05) is 11.5 Å². The fourth-order valence-corrected chi connectivity index (χ4v) is 3.17. The third-order valence-electron chi connectivity index (χ3n) is 3.00. The van der Waals surface area contributed by atoms with E-state index < -0.39 is 10.0 Å². The first-order valence-corrected chi connectivity index (χ1v) is 6.87. The van der Waals surface area contributed by atoms with Gasteiger partial charge in [-0.1, -0.05) is 0 Å². The molecule has 0 aromatic carbocycles. The molecule has 0 unspecified atom stereocenters. The Bertz CT molecular complexity index is 502. The van der Waals surface area contributed by atoms with E-state index in [4.69, 9.17) is 0 Å². The maximum absolute atomic E-state index is 12.1. The molecule has 0 spiro atoms. The molecule has 0 atom stereocenters. The monoisotopic (exact) mass is 243 g/mol. The van der Waals surface area contributed by atoms with Gasteiger partial charge in [-0.15, -0.1) is 0 Å². The maximum Gasteiger partial charge on any atom is 0.261 e. The lowest BCUT2D eigenvalue weighted by Gasteiger charge is -2.17. The molecule has 5 nitrogen and oxygen atoms in total. The lowest BCUT2D eigenvalue weighted by molar-refractivity contribution is 0.501. The number of nitrogens with zero attached hydrogens (tertiary/aromatic N) is 3. The second-order valence-electron chi connectivity index (χ2n) is 4.31. The van der Waals surface area contributed by atoms with Gasteiger partial charge in [-0.25, -0.2) is 17.7 Å². The standard InChI is InChI=1S/C10H17N3O2S/c1-8-11-10(16(14,15)12(2)3)9-6-4-5-7-13(8)9/h4-7H2,1-3H3. The molecule has 1 aliphatic heterocycles. The molecule has 6 heteroatoms. The SMILES string of the molecule is Cc1nc(S(=O)(=O)N(C)C)c2n1CCCC2. The van der Waals surface area contributed by atoms with Crippen molar-refractivity contribution in [2.45, 2.75) is 37.8 Å². The second kappa shape index (κ2) is 3.85. The molecule has 2 heterocycles. The minimum absolute atomic E-state index is 0.245. The van der Waals surface area contributed by atoms with Gasteiger partial charge in [-0.05, 0) is 26.2 Å². The summed E-state index contributed by atoms with van der Waals surface area (Å²) in [6, 6.07) is 0. The fraction of sp³-hybridized carbons (Fsp3) is 0.700. The van der Waals surface area contributed by atoms with E-state index in [1.165, 1.54) is 4.31 Å². The average Bonchev–Trinajstić information content (AvgIpc) is 2.57. The van der Waals surface area contributed by atoms with Crippen LogP contribution in [0.15, 0.2) is 5.03 Å². The Morgan fingerprint density at radius 3 is 2.62 bits per heavy atom. The van der Waals surface area contributed by atoms with Crippen molar-refractivity contribution in [3.63, 3.8) is 0 Å². The van der Waals surface area contributed by atoms with Crippen molar-refractivity contribution in [1.29, 1.82) is 0 Å². The fourth-order valence-electron chi connectivity index (χ4n) is 2.06. The van der Waals surface area contributed by atoms with Crippen LogP contribution in [-0.2, 0) is 23.0 Å². The Kier molecular flexibility index (Phi) is 2.79. The highest BCUT2D eigenvalue weighted by Crippen LogP contribution is 2.25. The van der Waals surface area contributed by atoms with Gasteiger partial charge in [-0.3, -0.25) is 0 Å². The molecule has 0 aliphatic carbocycles. The van der Waals surface area contributed by atoms with Gasteiger partial charge in [0.2, 0.25) is 0 Å². The van der Waals surface area contributed by atoms with Crippen LogP contribution in [0.1, 0.15) is 24.4 Å². The smallest absolute Gasteiger partial charge is 0.261 e. The minimum atomic E-state index is -3.40. The van der Waals surface area contributed by atoms with Crippen molar-refractivity contribution in [1.82, 2.24) is 13.9 Å². The minimum Gasteiger partial charge on any atom is -0.331 e. The predicted molar refractivity (Wildman–Crippen MR) is 60.8 cm³/mol. The number of aryl methyl sites for hydroxylation is 1. The molecular formula is C10H17N3O2S. The summed E-state index contributed by atoms with van der Waals surface area (Å²) in [5.41, 5.74) is 0.873. The van der Waals surface area contributed by atoms with Gasteiger partial charge >= 0.3 is 0 Å². The molecule has 0 saturated carbocycles. The van der Waals surface area contributed by atoms with Crippen molar-refractivity contribution in [2.24, 2.45) is 0 Å². The van der Waals surface area contributed by atoms with E-state index in [9.17, 15) is 8.42 Å². The van der Waals surface area contributed by atoms with Crippen molar-refractivity contribution in [3.8, 4) is 0 Å². The van der Waals surface area contributed by atoms with Crippen LogP contribution in [-0.4, -0.2) is 36.4 Å². The molecule has 0 radical (unpaired) electrons. The predicted octanol–water partition coefficient (Wildman–Crippen LogP) is 0.778. The molecule has 16 heavy (non-hydrogen) atoms. The van der Waals surface area contributed by atoms with Crippen LogP contribution in [0.5, 0.6) is 0 Å². The number of aromatic nitrogens is 2. The van der Waals surface area contributed by atoms with Crippen LogP contribution in [0.4, 0.5) is 0 Å². The summed E-state index contributed by atoms with van der Waals surface area (Å²) in [4.78, 5) is 4.22. The lowest BCUT2D eigenvalue weighted by atomic mass is 10.1. The summed E-state index contributed by atoms with van der Waals surface area (Å²) in [5, 5.41) is 0.245.